The van der Waals surface area contributed by atoms with Crippen molar-refractivity contribution in [1.82, 2.24) is 0 Å². The van der Waals surface area contributed by atoms with Crippen LogP contribution in [0, 0.1) is 125 Å². The molecular weight excluding hydrogens is 901 g/mol. The van der Waals surface area contributed by atoms with Gasteiger partial charge in [0.1, 0.15) is 69.8 Å². The minimum Gasteiger partial charge on any atom is -0.207 e. The summed E-state index contributed by atoms with van der Waals surface area (Å²) in [6.07, 6.45) is 0. The molecule has 0 unspecified atom stereocenters. The van der Waals surface area contributed by atoms with E-state index < -0.39 is 63.7 Å². The summed E-state index contributed by atoms with van der Waals surface area (Å²) in [6.45, 7) is 12.6. The predicted molar refractivity (Wildman–Crippen MR) is 245 cm³/mol. The van der Waals surface area contributed by atoms with Gasteiger partial charge in [-0.2, -0.15) is 0 Å². The maximum Gasteiger partial charge on any atom is 0.134 e. The zero-order chi connectivity index (χ0) is 50.3. The highest BCUT2D eigenvalue weighted by Crippen LogP contribution is 2.32. The topological polar surface area (TPSA) is 0 Å². The zero-order valence-corrected chi connectivity index (χ0v) is 38.1. The van der Waals surface area contributed by atoms with E-state index in [9.17, 15) is 52.7 Å². The lowest BCUT2D eigenvalue weighted by Crippen LogP contribution is -1.96. The first kappa shape index (κ1) is 51.9. The second kappa shape index (κ2) is 22.1. The van der Waals surface area contributed by atoms with Crippen LogP contribution in [-0.4, -0.2) is 0 Å². The van der Waals surface area contributed by atoms with Crippen LogP contribution in [0.25, 0.3) is 44.5 Å². The molecule has 12 heteroatoms. The maximum absolute atomic E-state index is 13.7. The average Bonchev–Trinajstić information content (AvgIpc) is 3.24. The highest BCUT2D eigenvalue weighted by atomic mass is 19.2. The first-order chi connectivity index (χ1) is 31.9. The van der Waals surface area contributed by atoms with E-state index in [0.29, 0.717) is 33.4 Å². The van der Waals surface area contributed by atoms with E-state index in [0.717, 1.165) is 53.6 Å². The Balaban J connectivity index is 0.000000170. The van der Waals surface area contributed by atoms with Crippen LogP contribution in [-0.2, 0) is 0 Å². The van der Waals surface area contributed by atoms with Crippen LogP contribution in [0.15, 0.2) is 121 Å². The standard InChI is InChI=1S/C14H10F4.2C14H11F3.C14H12F2/c1-7-3-12(17)14(13(18)4-7)9-5-10(15)8(2)11(16)6-9;1-8-5-12(16)14(13(17)6-8)10-4-3-9(2)11(15)7-10;1-8-3-4-11(14(17)5-8)10-6-12(15)9(2)13(16)7-10;1-9-3-6-12(14(16)7-9)11-5-4-10(2)13(15)8-11/h3-6H,1-2H3;2*3-7H,1-2H3;3-8H,1-2H3. The lowest BCUT2D eigenvalue weighted by molar-refractivity contribution is 0.565. The van der Waals surface area contributed by atoms with Crippen molar-refractivity contribution in [2.75, 3.05) is 0 Å². The fourth-order valence-corrected chi connectivity index (χ4v) is 6.76. The monoisotopic (exact) mass is 944 g/mol. The number of hydrogen-bond donors (Lipinski definition) is 0. The van der Waals surface area contributed by atoms with Gasteiger partial charge < -0.3 is 0 Å². The fraction of sp³-hybridized carbons (Fsp3) is 0.143. The number of halogens is 12. The Kier molecular flexibility index (Phi) is 16.9. The molecule has 0 radical (unpaired) electrons. The van der Waals surface area contributed by atoms with Crippen molar-refractivity contribution in [3.05, 3.63) is 236 Å². The lowest BCUT2D eigenvalue weighted by Gasteiger charge is -2.08. The van der Waals surface area contributed by atoms with Crippen molar-refractivity contribution in [3.8, 4) is 44.5 Å². The molecule has 0 aliphatic rings. The molecule has 0 atom stereocenters. The fourth-order valence-electron chi connectivity index (χ4n) is 6.76. The second-order valence-corrected chi connectivity index (χ2v) is 16.2. The molecule has 0 amide bonds. The van der Waals surface area contributed by atoms with Crippen LogP contribution in [0.1, 0.15) is 44.5 Å². The third kappa shape index (κ3) is 12.7. The first-order valence-corrected chi connectivity index (χ1v) is 20.8. The summed E-state index contributed by atoms with van der Waals surface area (Å²) in [6, 6.07) is 27.3. The predicted octanol–water partition coefficient (Wildman–Crippen LogP) is 17.6. The summed E-state index contributed by atoms with van der Waals surface area (Å²) in [5.74, 6) is -7.59. The minimum absolute atomic E-state index is 0.0544. The summed E-state index contributed by atoms with van der Waals surface area (Å²) >= 11 is 0. The molecule has 8 aromatic carbocycles. The van der Waals surface area contributed by atoms with Gasteiger partial charge in [0.25, 0.3) is 0 Å². The van der Waals surface area contributed by atoms with Crippen LogP contribution < -0.4 is 0 Å². The summed E-state index contributed by atoms with van der Waals surface area (Å²) in [5, 5.41) is 0. The molecule has 0 N–H and O–H groups in total. The highest BCUT2D eigenvalue weighted by molar-refractivity contribution is 5.68. The Morgan fingerprint density at radius 2 is 0.515 bits per heavy atom. The van der Waals surface area contributed by atoms with Gasteiger partial charge in [-0.15, -0.1) is 0 Å². The van der Waals surface area contributed by atoms with Crippen LogP contribution in [0.5, 0.6) is 0 Å². The van der Waals surface area contributed by atoms with Gasteiger partial charge in [-0.05, 0) is 184 Å². The molecule has 0 saturated carbocycles. The Hall–Kier alpha value is -7.08. The Morgan fingerprint density at radius 1 is 0.221 bits per heavy atom. The van der Waals surface area contributed by atoms with Gasteiger partial charge in [0, 0.05) is 22.3 Å². The van der Waals surface area contributed by atoms with Crippen molar-refractivity contribution in [1.29, 1.82) is 0 Å². The van der Waals surface area contributed by atoms with Crippen molar-refractivity contribution in [3.63, 3.8) is 0 Å². The summed E-state index contributed by atoms with van der Waals surface area (Å²) in [5.41, 5.74) is 4.18. The smallest absolute Gasteiger partial charge is 0.134 e. The molecule has 0 heterocycles. The quantitative estimate of drug-likeness (QED) is 0.154. The third-order valence-electron chi connectivity index (χ3n) is 10.7. The van der Waals surface area contributed by atoms with Gasteiger partial charge in [0.2, 0.25) is 0 Å². The molecule has 0 bridgehead atoms. The largest absolute Gasteiger partial charge is 0.207 e. The van der Waals surface area contributed by atoms with Crippen LogP contribution in [0.3, 0.4) is 0 Å². The van der Waals surface area contributed by atoms with Gasteiger partial charge in [0.15, 0.2) is 0 Å². The summed E-state index contributed by atoms with van der Waals surface area (Å²) < 4.78 is 162. The summed E-state index contributed by atoms with van der Waals surface area (Å²) in [4.78, 5) is 0. The number of aryl methyl sites for hydroxylation is 6. The number of hydrogen-bond acceptors (Lipinski definition) is 0. The van der Waals surface area contributed by atoms with Crippen molar-refractivity contribution in [2.24, 2.45) is 0 Å². The van der Waals surface area contributed by atoms with Crippen LogP contribution in [0.4, 0.5) is 52.7 Å². The molecule has 0 aromatic heterocycles. The maximum atomic E-state index is 13.7. The van der Waals surface area contributed by atoms with E-state index in [1.807, 2.05) is 13.0 Å². The molecule has 68 heavy (non-hydrogen) atoms. The van der Waals surface area contributed by atoms with E-state index in [2.05, 4.69) is 0 Å². The molecule has 8 aromatic rings. The number of rotatable bonds is 4. The molecule has 0 aliphatic carbocycles. The van der Waals surface area contributed by atoms with Gasteiger partial charge in [0.05, 0.1) is 11.1 Å². The Bertz CT molecular complexity index is 3040. The van der Waals surface area contributed by atoms with E-state index in [4.69, 9.17) is 0 Å². The van der Waals surface area contributed by atoms with E-state index in [-0.39, 0.29) is 50.6 Å². The van der Waals surface area contributed by atoms with E-state index in [1.54, 1.807) is 52.0 Å². The third-order valence-corrected chi connectivity index (χ3v) is 10.7. The molecule has 352 valence electrons. The molecule has 0 fully saturated rings. The molecule has 8 rings (SSSR count). The molecule has 0 nitrogen and oxygen atoms in total. The molecule has 0 aliphatic heterocycles. The average molecular weight is 945 g/mol. The lowest BCUT2D eigenvalue weighted by atomic mass is 10.0. The zero-order valence-electron chi connectivity index (χ0n) is 38.1. The van der Waals surface area contributed by atoms with Gasteiger partial charge in [-0.3, -0.25) is 0 Å². The first-order valence-electron chi connectivity index (χ1n) is 20.8. The van der Waals surface area contributed by atoms with Crippen LogP contribution in [0.2, 0.25) is 0 Å². The number of benzene rings is 8. The van der Waals surface area contributed by atoms with Crippen molar-refractivity contribution < 1.29 is 52.7 Å². The van der Waals surface area contributed by atoms with Gasteiger partial charge in [-0.25, -0.2) is 52.7 Å². The summed E-state index contributed by atoms with van der Waals surface area (Å²) in [7, 11) is 0. The van der Waals surface area contributed by atoms with Gasteiger partial charge >= 0.3 is 0 Å². The van der Waals surface area contributed by atoms with E-state index >= 15 is 0 Å². The Morgan fingerprint density at radius 3 is 0.882 bits per heavy atom. The molecular formula is C56H44F12. The minimum atomic E-state index is -0.838. The molecule has 0 spiro atoms. The Labute approximate surface area is 387 Å². The normalized spacial score (nSPS) is 10.6. The van der Waals surface area contributed by atoms with Crippen molar-refractivity contribution >= 4 is 0 Å². The van der Waals surface area contributed by atoms with Gasteiger partial charge in [-0.1, -0.05) is 48.5 Å². The van der Waals surface area contributed by atoms with Crippen molar-refractivity contribution in [2.45, 2.75) is 55.4 Å². The SMILES string of the molecule is Cc1cc(F)c(-c2cc(F)c(C)c(F)c2)c(F)c1.Cc1cc(F)c(-c2ccc(C)c(F)c2)c(F)c1.Cc1ccc(-c2cc(F)c(C)c(F)c2)c(F)c1.Cc1ccc(-c2ccc(C)c(F)c2)c(F)c1. The van der Waals surface area contributed by atoms with E-state index in [1.165, 1.54) is 69.3 Å². The highest BCUT2D eigenvalue weighted by Gasteiger charge is 2.17. The van der Waals surface area contributed by atoms with Crippen LogP contribution >= 0.6 is 0 Å². The second-order valence-electron chi connectivity index (χ2n) is 16.2. The molecule has 0 saturated heterocycles.